The molecule has 0 aliphatic carbocycles. The summed E-state index contributed by atoms with van der Waals surface area (Å²) in [6.07, 6.45) is 3.65. The van der Waals surface area contributed by atoms with Crippen molar-refractivity contribution in [1.82, 2.24) is 15.0 Å². The highest BCUT2D eigenvalue weighted by molar-refractivity contribution is 6.29. The molecule has 2 aromatic rings. The van der Waals surface area contributed by atoms with Crippen LogP contribution in [0.1, 0.15) is 37.7 Å². The van der Waals surface area contributed by atoms with Gasteiger partial charge in [0.25, 0.3) is 0 Å². The first-order valence-electron chi connectivity index (χ1n) is 6.54. The second kappa shape index (κ2) is 5.75. The van der Waals surface area contributed by atoms with Crippen molar-refractivity contribution in [3.8, 4) is 0 Å². The Morgan fingerprint density at radius 2 is 2.00 bits per heavy atom. The summed E-state index contributed by atoms with van der Waals surface area (Å²) in [6, 6.07) is 3.73. The maximum atomic E-state index is 6.07. The van der Waals surface area contributed by atoms with Crippen molar-refractivity contribution < 1.29 is 0 Å². The average Bonchev–Trinajstić information content (AvgIpc) is 2.36. The largest absolute Gasteiger partial charge is 0.366 e. The summed E-state index contributed by atoms with van der Waals surface area (Å²) in [5.74, 6) is 1.47. The first kappa shape index (κ1) is 14.7. The van der Waals surface area contributed by atoms with Crippen LogP contribution in [0.25, 0.3) is 0 Å². The van der Waals surface area contributed by atoms with Crippen LogP contribution in [0.4, 0.5) is 5.82 Å². The second-order valence-corrected chi connectivity index (χ2v) is 6.19. The van der Waals surface area contributed by atoms with Gasteiger partial charge in [0.15, 0.2) is 0 Å². The minimum atomic E-state index is -0.133. The third kappa shape index (κ3) is 3.67. The average molecular weight is 291 g/mol. The van der Waals surface area contributed by atoms with Crippen molar-refractivity contribution in [2.45, 2.75) is 39.7 Å². The van der Waals surface area contributed by atoms with Gasteiger partial charge in [0.2, 0.25) is 0 Å². The second-order valence-electron chi connectivity index (χ2n) is 5.81. The molecule has 2 rings (SSSR count). The summed E-state index contributed by atoms with van der Waals surface area (Å²) in [5.41, 5.74) is 2.20. The monoisotopic (exact) mass is 290 g/mol. The number of hydrogen-bond donors (Lipinski definition) is 1. The van der Waals surface area contributed by atoms with E-state index in [1.165, 1.54) is 5.56 Å². The van der Waals surface area contributed by atoms with Crippen molar-refractivity contribution in [1.29, 1.82) is 0 Å². The quantitative estimate of drug-likeness (QED) is 0.875. The maximum absolute atomic E-state index is 6.07. The lowest BCUT2D eigenvalue weighted by atomic mass is 9.96. The molecule has 0 aliphatic rings. The van der Waals surface area contributed by atoms with E-state index in [0.717, 1.165) is 17.2 Å². The van der Waals surface area contributed by atoms with E-state index < -0.39 is 0 Å². The summed E-state index contributed by atoms with van der Waals surface area (Å²) in [7, 11) is 0. The topological polar surface area (TPSA) is 50.7 Å². The lowest BCUT2D eigenvalue weighted by molar-refractivity contribution is 0.546. The predicted molar refractivity (Wildman–Crippen MR) is 82.0 cm³/mol. The van der Waals surface area contributed by atoms with Crippen LogP contribution in [0.5, 0.6) is 0 Å². The molecular formula is C15H19ClN4. The number of aromatic nitrogens is 3. The zero-order chi connectivity index (χ0) is 14.8. The van der Waals surface area contributed by atoms with Crippen LogP contribution in [0.3, 0.4) is 0 Å². The highest BCUT2D eigenvalue weighted by Crippen LogP contribution is 2.22. The molecule has 0 radical (unpaired) electrons. The summed E-state index contributed by atoms with van der Waals surface area (Å²) in [4.78, 5) is 12.9. The molecule has 4 nitrogen and oxygen atoms in total. The minimum absolute atomic E-state index is 0.133. The molecule has 0 aromatic carbocycles. The molecule has 5 heteroatoms. The Balaban J connectivity index is 2.18. The highest BCUT2D eigenvalue weighted by atomic mass is 35.5. The molecule has 0 aliphatic heterocycles. The van der Waals surface area contributed by atoms with Gasteiger partial charge in [-0.05, 0) is 24.1 Å². The van der Waals surface area contributed by atoms with E-state index in [9.17, 15) is 0 Å². The van der Waals surface area contributed by atoms with Gasteiger partial charge in [-0.2, -0.15) is 0 Å². The SMILES string of the molecule is Cc1ccncc1CNc1cc(Cl)nc(C(C)(C)C)n1. The number of anilines is 1. The standard InChI is InChI=1S/C15H19ClN4/c1-10-5-6-17-8-11(10)9-18-13-7-12(16)19-14(20-13)15(2,3)4/h5-8H,9H2,1-4H3,(H,18,19,20). The van der Waals surface area contributed by atoms with E-state index in [4.69, 9.17) is 11.6 Å². The van der Waals surface area contributed by atoms with E-state index in [-0.39, 0.29) is 5.41 Å². The van der Waals surface area contributed by atoms with Gasteiger partial charge in [-0.1, -0.05) is 32.4 Å². The van der Waals surface area contributed by atoms with E-state index in [2.05, 4.69) is 48.0 Å². The van der Waals surface area contributed by atoms with Crippen LogP contribution >= 0.6 is 11.6 Å². The van der Waals surface area contributed by atoms with Crippen molar-refractivity contribution in [2.24, 2.45) is 0 Å². The summed E-state index contributed by atoms with van der Waals surface area (Å²) in [5, 5.41) is 3.73. The molecule has 0 atom stereocenters. The first-order chi connectivity index (χ1) is 9.36. The zero-order valence-corrected chi connectivity index (χ0v) is 13.0. The van der Waals surface area contributed by atoms with Crippen molar-refractivity contribution in [3.05, 3.63) is 46.6 Å². The minimum Gasteiger partial charge on any atom is -0.366 e. The molecule has 0 unspecified atom stereocenters. The molecule has 106 valence electrons. The number of pyridine rings is 1. The van der Waals surface area contributed by atoms with Gasteiger partial charge < -0.3 is 5.32 Å². The summed E-state index contributed by atoms with van der Waals surface area (Å²) >= 11 is 6.07. The van der Waals surface area contributed by atoms with Crippen LogP contribution in [0.2, 0.25) is 5.15 Å². The smallest absolute Gasteiger partial charge is 0.137 e. The Labute approximate surface area is 124 Å². The molecule has 20 heavy (non-hydrogen) atoms. The Hall–Kier alpha value is -1.68. The Morgan fingerprint density at radius 3 is 2.65 bits per heavy atom. The van der Waals surface area contributed by atoms with E-state index >= 15 is 0 Å². The Bertz CT molecular complexity index is 605. The van der Waals surface area contributed by atoms with Crippen LogP contribution in [-0.2, 0) is 12.0 Å². The molecule has 0 amide bonds. The lowest BCUT2D eigenvalue weighted by Crippen LogP contribution is -2.17. The van der Waals surface area contributed by atoms with Crippen LogP contribution < -0.4 is 5.32 Å². The molecule has 1 N–H and O–H groups in total. The molecule has 0 spiro atoms. The van der Waals surface area contributed by atoms with E-state index in [1.54, 1.807) is 12.3 Å². The zero-order valence-electron chi connectivity index (χ0n) is 12.2. The molecule has 2 heterocycles. The number of halogens is 1. The molecular weight excluding hydrogens is 272 g/mol. The van der Waals surface area contributed by atoms with Crippen LogP contribution in [0.15, 0.2) is 24.5 Å². The lowest BCUT2D eigenvalue weighted by Gasteiger charge is -2.18. The first-order valence-corrected chi connectivity index (χ1v) is 6.92. The fourth-order valence-corrected chi connectivity index (χ4v) is 1.89. The van der Waals surface area contributed by atoms with E-state index in [0.29, 0.717) is 11.7 Å². The number of nitrogens with one attached hydrogen (secondary N) is 1. The Kier molecular flexibility index (Phi) is 4.23. The molecule has 0 saturated heterocycles. The summed E-state index contributed by atoms with van der Waals surface area (Å²) in [6.45, 7) is 8.91. The molecule has 0 fully saturated rings. The third-order valence-corrected chi connectivity index (χ3v) is 3.17. The molecule has 2 aromatic heterocycles. The number of nitrogens with zero attached hydrogens (tertiary/aromatic N) is 3. The fourth-order valence-electron chi connectivity index (χ4n) is 1.71. The van der Waals surface area contributed by atoms with Gasteiger partial charge in [-0.3, -0.25) is 4.98 Å². The van der Waals surface area contributed by atoms with Crippen molar-refractivity contribution in [2.75, 3.05) is 5.32 Å². The van der Waals surface area contributed by atoms with Gasteiger partial charge in [-0.25, -0.2) is 9.97 Å². The van der Waals surface area contributed by atoms with Crippen LogP contribution in [0, 0.1) is 6.92 Å². The van der Waals surface area contributed by atoms with Gasteiger partial charge in [-0.15, -0.1) is 0 Å². The van der Waals surface area contributed by atoms with Crippen molar-refractivity contribution in [3.63, 3.8) is 0 Å². The maximum Gasteiger partial charge on any atom is 0.137 e. The van der Waals surface area contributed by atoms with Gasteiger partial charge >= 0.3 is 0 Å². The predicted octanol–water partition coefficient (Wildman–Crippen LogP) is 3.74. The number of rotatable bonds is 3. The van der Waals surface area contributed by atoms with Gasteiger partial charge in [0.05, 0.1) is 0 Å². The third-order valence-electron chi connectivity index (χ3n) is 2.97. The van der Waals surface area contributed by atoms with Crippen LogP contribution in [-0.4, -0.2) is 15.0 Å². The number of hydrogen-bond acceptors (Lipinski definition) is 4. The molecule has 0 bridgehead atoms. The normalized spacial score (nSPS) is 11.4. The summed E-state index contributed by atoms with van der Waals surface area (Å²) < 4.78 is 0. The highest BCUT2D eigenvalue weighted by Gasteiger charge is 2.18. The fraction of sp³-hybridized carbons (Fsp3) is 0.400. The van der Waals surface area contributed by atoms with Crippen molar-refractivity contribution >= 4 is 17.4 Å². The van der Waals surface area contributed by atoms with Gasteiger partial charge in [0.1, 0.15) is 16.8 Å². The molecule has 0 saturated carbocycles. The van der Waals surface area contributed by atoms with E-state index in [1.807, 2.05) is 12.3 Å². The Morgan fingerprint density at radius 1 is 1.25 bits per heavy atom. The number of aryl methyl sites for hydroxylation is 1. The van der Waals surface area contributed by atoms with Gasteiger partial charge in [0, 0.05) is 30.4 Å².